The number of ketones is 1. The number of hydrogen-bond acceptors (Lipinski definition) is 5. The minimum atomic E-state index is -2.58. The minimum Gasteiger partial charge on any atom is -0.289 e. The van der Waals surface area contributed by atoms with Crippen molar-refractivity contribution in [3.8, 4) is 0 Å². The molecule has 0 unspecified atom stereocenters. The third-order valence-electron chi connectivity index (χ3n) is 0.595. The topological polar surface area (TPSA) is 85.3 Å². The molecule has 12 heavy (non-hydrogen) atoms. The van der Waals surface area contributed by atoms with Gasteiger partial charge in [-0.3, -0.25) is 4.79 Å². The number of allylic oxidation sites excluding steroid dienone is 2. The minimum absolute atomic E-state index is 0.586. The SMILES string of the molecule is O=C(C=C=S(=O)=O)C=C=S(=O)=O. The van der Waals surface area contributed by atoms with Gasteiger partial charge in [0.05, 0.1) is 0 Å². The van der Waals surface area contributed by atoms with E-state index in [4.69, 9.17) is 0 Å². The molecule has 0 aromatic rings. The van der Waals surface area contributed by atoms with Crippen LogP contribution in [-0.2, 0) is 25.4 Å². The largest absolute Gasteiger partial charge is 0.289 e. The molecule has 0 radical (unpaired) electrons. The van der Waals surface area contributed by atoms with Crippen LogP contribution in [0, 0.1) is 0 Å². The standard InChI is InChI=1S/C5H2O5S2/c6-5(1-3-11(7)8)2-4-12(9)10/h1-2H. The first-order chi connectivity index (χ1) is 5.52. The first-order valence-electron chi connectivity index (χ1n) is 2.43. The molecule has 0 aliphatic carbocycles. The maximum atomic E-state index is 10.5. The van der Waals surface area contributed by atoms with Crippen LogP contribution < -0.4 is 0 Å². The van der Waals surface area contributed by atoms with E-state index in [1.807, 2.05) is 0 Å². The van der Waals surface area contributed by atoms with Gasteiger partial charge in [-0.1, -0.05) is 0 Å². The Hall–Kier alpha value is -1.39. The van der Waals surface area contributed by atoms with Crippen molar-refractivity contribution in [2.45, 2.75) is 0 Å². The van der Waals surface area contributed by atoms with Crippen molar-refractivity contribution in [3.63, 3.8) is 0 Å². The molecule has 0 aliphatic rings. The molecule has 0 aliphatic heterocycles. The molecule has 0 spiro atoms. The van der Waals surface area contributed by atoms with Gasteiger partial charge in [-0.25, -0.2) is 0 Å². The van der Waals surface area contributed by atoms with E-state index >= 15 is 0 Å². The van der Waals surface area contributed by atoms with Gasteiger partial charge in [0, 0.05) is 22.2 Å². The molecule has 0 aromatic heterocycles. The molecule has 0 amide bonds. The van der Waals surface area contributed by atoms with Gasteiger partial charge in [0.1, 0.15) is 0 Å². The maximum Gasteiger partial charge on any atom is 0.260 e. The molecule has 7 heteroatoms. The van der Waals surface area contributed by atoms with Gasteiger partial charge in [-0.05, 0) is 0 Å². The molecule has 64 valence electrons. The van der Waals surface area contributed by atoms with Crippen molar-refractivity contribution in [1.82, 2.24) is 0 Å². The average molecular weight is 206 g/mol. The highest BCUT2D eigenvalue weighted by Crippen LogP contribution is 1.68. The van der Waals surface area contributed by atoms with Gasteiger partial charge in [-0.2, -0.15) is 16.8 Å². The normalized spacial score (nSPS) is 7.33. The fraction of sp³-hybridized carbons (Fsp3) is 0. The second kappa shape index (κ2) is 5.29. The van der Waals surface area contributed by atoms with Crippen molar-refractivity contribution < 1.29 is 21.6 Å². The zero-order chi connectivity index (χ0) is 9.56. The molecule has 0 saturated carbocycles. The molecule has 0 bridgehead atoms. The van der Waals surface area contributed by atoms with Crippen molar-refractivity contribution in [2.24, 2.45) is 0 Å². The number of hydrogen-bond donors (Lipinski definition) is 0. The predicted octanol–water partition coefficient (Wildman–Crippen LogP) is -1.77. The molecule has 0 fully saturated rings. The Morgan fingerprint density at radius 3 is 1.50 bits per heavy atom. The highest BCUT2D eigenvalue weighted by atomic mass is 32.2. The zero-order valence-corrected chi connectivity index (χ0v) is 7.15. The van der Waals surface area contributed by atoms with Gasteiger partial charge < -0.3 is 0 Å². The molecule has 0 aromatic carbocycles. The van der Waals surface area contributed by atoms with E-state index in [2.05, 4.69) is 0 Å². The van der Waals surface area contributed by atoms with E-state index < -0.39 is 26.4 Å². The van der Waals surface area contributed by atoms with Crippen molar-refractivity contribution >= 4 is 36.4 Å². The van der Waals surface area contributed by atoms with Gasteiger partial charge in [0.25, 0.3) is 20.6 Å². The lowest BCUT2D eigenvalue weighted by Gasteiger charge is -1.67. The van der Waals surface area contributed by atoms with E-state index in [9.17, 15) is 21.6 Å². The van der Waals surface area contributed by atoms with Crippen LogP contribution in [0.5, 0.6) is 0 Å². The lowest BCUT2D eigenvalue weighted by atomic mass is 10.4. The Balaban J connectivity index is 4.96. The maximum absolute atomic E-state index is 10.5. The Morgan fingerprint density at radius 1 is 0.917 bits per heavy atom. The number of carbonyl (C=O) groups is 1. The Bertz CT molecular complexity index is 442. The molecule has 0 N–H and O–H groups in total. The summed E-state index contributed by atoms with van der Waals surface area (Å²) in [5, 5.41) is 3.28. The molecule has 0 rings (SSSR count). The highest BCUT2D eigenvalue weighted by Gasteiger charge is 1.84. The second-order valence-corrected chi connectivity index (χ2v) is 2.81. The summed E-state index contributed by atoms with van der Waals surface area (Å²) < 4.78 is 39.2. The molecular weight excluding hydrogens is 204 g/mol. The Kier molecular flexibility index (Phi) is 4.67. The van der Waals surface area contributed by atoms with E-state index in [1.54, 1.807) is 10.0 Å². The van der Waals surface area contributed by atoms with E-state index in [0.717, 1.165) is 0 Å². The second-order valence-electron chi connectivity index (χ2n) is 1.40. The number of carbonyl (C=O) groups excluding carboxylic acids is 1. The van der Waals surface area contributed by atoms with Gasteiger partial charge in [-0.15, -0.1) is 0 Å². The molecule has 0 atom stereocenters. The fourth-order valence-electron chi connectivity index (χ4n) is 0.254. The van der Waals surface area contributed by atoms with E-state index in [-0.39, 0.29) is 0 Å². The van der Waals surface area contributed by atoms with Crippen LogP contribution >= 0.6 is 0 Å². The van der Waals surface area contributed by atoms with Gasteiger partial charge in [0.15, 0.2) is 5.78 Å². The van der Waals surface area contributed by atoms with Crippen LogP contribution in [-0.4, -0.2) is 32.7 Å². The molecular formula is C5H2O5S2. The third kappa shape index (κ3) is 6.73. The molecule has 5 nitrogen and oxygen atoms in total. The first kappa shape index (κ1) is 10.6. The highest BCUT2D eigenvalue weighted by molar-refractivity contribution is 7.71. The van der Waals surface area contributed by atoms with E-state index in [0.29, 0.717) is 12.2 Å². The van der Waals surface area contributed by atoms with Crippen molar-refractivity contribution in [2.75, 3.05) is 0 Å². The summed E-state index contributed by atoms with van der Waals surface area (Å²) in [6.07, 6.45) is 1.17. The van der Waals surface area contributed by atoms with Crippen LogP contribution in [0.1, 0.15) is 0 Å². The van der Waals surface area contributed by atoms with Gasteiger partial charge >= 0.3 is 0 Å². The third-order valence-corrected chi connectivity index (χ3v) is 1.22. The summed E-state index contributed by atoms with van der Waals surface area (Å²) in [5.74, 6) is -0.816. The van der Waals surface area contributed by atoms with Gasteiger partial charge in [0.2, 0.25) is 0 Å². The van der Waals surface area contributed by atoms with Crippen LogP contribution in [0.3, 0.4) is 0 Å². The smallest absolute Gasteiger partial charge is 0.260 e. The summed E-state index contributed by atoms with van der Waals surface area (Å²) in [7, 11) is -5.16. The summed E-state index contributed by atoms with van der Waals surface area (Å²) in [6.45, 7) is 0. The lowest BCUT2D eigenvalue weighted by Crippen LogP contribution is -1.85. The van der Waals surface area contributed by atoms with Crippen LogP contribution in [0.4, 0.5) is 0 Å². The number of rotatable bonds is 2. The zero-order valence-electron chi connectivity index (χ0n) is 5.51. The van der Waals surface area contributed by atoms with Crippen LogP contribution in [0.25, 0.3) is 0 Å². The monoisotopic (exact) mass is 206 g/mol. The fourth-order valence-corrected chi connectivity index (χ4v) is 0.679. The Labute approximate surface area is 70.7 Å². The van der Waals surface area contributed by atoms with E-state index in [1.165, 1.54) is 0 Å². The summed E-state index contributed by atoms with van der Waals surface area (Å²) >= 11 is 0. The average Bonchev–Trinajstić information content (AvgIpc) is 1.96. The summed E-state index contributed by atoms with van der Waals surface area (Å²) in [6, 6.07) is 0. The van der Waals surface area contributed by atoms with Crippen molar-refractivity contribution in [1.29, 1.82) is 0 Å². The molecule has 0 saturated heterocycles. The lowest BCUT2D eigenvalue weighted by molar-refractivity contribution is -0.110. The summed E-state index contributed by atoms with van der Waals surface area (Å²) in [5.41, 5.74) is 0. The predicted molar refractivity (Wildman–Crippen MR) is 42.0 cm³/mol. The Morgan fingerprint density at radius 2 is 1.25 bits per heavy atom. The first-order valence-corrected chi connectivity index (χ1v) is 4.58. The van der Waals surface area contributed by atoms with Crippen molar-refractivity contribution in [3.05, 3.63) is 12.2 Å². The van der Waals surface area contributed by atoms with Crippen LogP contribution in [0.15, 0.2) is 12.2 Å². The van der Waals surface area contributed by atoms with Crippen LogP contribution in [0.2, 0.25) is 0 Å². The quantitative estimate of drug-likeness (QED) is 0.394. The molecule has 0 heterocycles. The summed E-state index contributed by atoms with van der Waals surface area (Å²) in [4.78, 5) is 10.5.